The standard InChI is InChI=1S/C14H20N2O2/c1-12(6-4-9-14(17)18)15-11-5-8-13-7-2-3-10-16-13/h2-3,7,10,15H,1,4-6,8-9,11H2,(H,17,18). The number of carboxylic acids is 1. The molecule has 0 saturated heterocycles. The van der Waals surface area contributed by atoms with Gasteiger partial charge >= 0.3 is 5.97 Å². The van der Waals surface area contributed by atoms with E-state index in [2.05, 4.69) is 16.9 Å². The van der Waals surface area contributed by atoms with Crippen molar-refractivity contribution in [2.45, 2.75) is 32.1 Å². The summed E-state index contributed by atoms with van der Waals surface area (Å²) in [6.45, 7) is 4.73. The number of carbonyl (C=O) groups is 1. The molecule has 4 heteroatoms. The molecule has 0 radical (unpaired) electrons. The maximum atomic E-state index is 10.3. The van der Waals surface area contributed by atoms with Gasteiger partial charge in [0.2, 0.25) is 0 Å². The molecule has 0 spiro atoms. The Bertz CT molecular complexity index is 377. The molecule has 0 aliphatic rings. The smallest absolute Gasteiger partial charge is 0.303 e. The van der Waals surface area contributed by atoms with Crippen LogP contribution in [0.5, 0.6) is 0 Å². The zero-order chi connectivity index (χ0) is 13.2. The normalized spacial score (nSPS) is 10.0. The average molecular weight is 248 g/mol. The molecule has 2 N–H and O–H groups in total. The number of allylic oxidation sites excluding steroid dienone is 1. The van der Waals surface area contributed by atoms with E-state index in [9.17, 15) is 4.79 Å². The van der Waals surface area contributed by atoms with E-state index in [-0.39, 0.29) is 6.42 Å². The highest BCUT2D eigenvalue weighted by Crippen LogP contribution is 2.03. The Morgan fingerprint density at radius 3 is 2.83 bits per heavy atom. The Morgan fingerprint density at radius 1 is 1.33 bits per heavy atom. The number of carboxylic acid groups (broad SMARTS) is 1. The summed E-state index contributed by atoms with van der Waals surface area (Å²) in [5, 5.41) is 11.7. The topological polar surface area (TPSA) is 62.2 Å². The van der Waals surface area contributed by atoms with Crippen LogP contribution in [0, 0.1) is 0 Å². The third-order valence-electron chi connectivity index (χ3n) is 2.58. The fraction of sp³-hybridized carbons (Fsp3) is 0.429. The van der Waals surface area contributed by atoms with Crippen LogP contribution in [0.2, 0.25) is 0 Å². The maximum absolute atomic E-state index is 10.3. The number of nitrogens with zero attached hydrogens (tertiary/aromatic N) is 1. The second-order valence-electron chi connectivity index (χ2n) is 4.20. The summed E-state index contributed by atoms with van der Waals surface area (Å²) < 4.78 is 0. The van der Waals surface area contributed by atoms with Gasteiger partial charge in [0.15, 0.2) is 0 Å². The first-order valence-corrected chi connectivity index (χ1v) is 6.22. The molecule has 98 valence electrons. The second kappa shape index (κ2) is 8.28. The molecule has 0 aromatic carbocycles. The van der Waals surface area contributed by atoms with Crippen LogP contribution in [0.3, 0.4) is 0 Å². The van der Waals surface area contributed by atoms with E-state index in [0.29, 0.717) is 6.42 Å². The van der Waals surface area contributed by atoms with Gasteiger partial charge in [-0.2, -0.15) is 0 Å². The molecule has 0 unspecified atom stereocenters. The first-order valence-electron chi connectivity index (χ1n) is 6.22. The van der Waals surface area contributed by atoms with Crippen molar-refractivity contribution >= 4 is 5.97 Å². The van der Waals surface area contributed by atoms with Gasteiger partial charge in [-0.05, 0) is 37.8 Å². The van der Waals surface area contributed by atoms with Crippen LogP contribution in [0.15, 0.2) is 36.7 Å². The minimum Gasteiger partial charge on any atom is -0.481 e. The predicted octanol–water partition coefficient (Wildman–Crippen LogP) is 2.37. The summed E-state index contributed by atoms with van der Waals surface area (Å²) in [6, 6.07) is 5.91. The number of hydrogen-bond donors (Lipinski definition) is 2. The molecule has 0 aliphatic heterocycles. The molecular weight excluding hydrogens is 228 g/mol. The van der Waals surface area contributed by atoms with Crippen LogP contribution >= 0.6 is 0 Å². The van der Waals surface area contributed by atoms with E-state index in [1.54, 1.807) is 6.20 Å². The fourth-order valence-corrected chi connectivity index (χ4v) is 1.62. The molecule has 0 aliphatic carbocycles. The van der Waals surface area contributed by atoms with Crippen molar-refractivity contribution in [3.8, 4) is 0 Å². The van der Waals surface area contributed by atoms with E-state index in [1.807, 2.05) is 18.2 Å². The van der Waals surface area contributed by atoms with Gasteiger partial charge in [0, 0.05) is 30.6 Å². The lowest BCUT2D eigenvalue weighted by atomic mass is 10.2. The number of aryl methyl sites for hydroxylation is 1. The van der Waals surface area contributed by atoms with E-state index < -0.39 is 5.97 Å². The van der Waals surface area contributed by atoms with Gasteiger partial charge in [0.1, 0.15) is 0 Å². The van der Waals surface area contributed by atoms with Gasteiger partial charge in [-0.15, -0.1) is 0 Å². The van der Waals surface area contributed by atoms with E-state index in [0.717, 1.165) is 37.2 Å². The van der Waals surface area contributed by atoms with Crippen LogP contribution < -0.4 is 5.32 Å². The van der Waals surface area contributed by atoms with Crippen LogP contribution in [-0.2, 0) is 11.2 Å². The van der Waals surface area contributed by atoms with Gasteiger partial charge in [-0.1, -0.05) is 12.6 Å². The van der Waals surface area contributed by atoms with Crippen molar-refractivity contribution in [2.75, 3.05) is 6.54 Å². The van der Waals surface area contributed by atoms with Gasteiger partial charge < -0.3 is 10.4 Å². The number of pyridine rings is 1. The summed E-state index contributed by atoms with van der Waals surface area (Å²) in [6.07, 6.45) is 5.30. The Balaban J connectivity index is 2.04. The lowest BCUT2D eigenvalue weighted by Crippen LogP contribution is -2.15. The highest BCUT2D eigenvalue weighted by Gasteiger charge is 1.99. The zero-order valence-corrected chi connectivity index (χ0v) is 10.6. The highest BCUT2D eigenvalue weighted by molar-refractivity contribution is 5.66. The van der Waals surface area contributed by atoms with E-state index >= 15 is 0 Å². The first kappa shape index (κ1) is 14.2. The van der Waals surface area contributed by atoms with Crippen LogP contribution in [0.1, 0.15) is 31.4 Å². The van der Waals surface area contributed by atoms with Crippen molar-refractivity contribution in [3.63, 3.8) is 0 Å². The second-order valence-corrected chi connectivity index (χ2v) is 4.20. The van der Waals surface area contributed by atoms with Gasteiger partial charge in [-0.3, -0.25) is 9.78 Å². The Labute approximate surface area is 108 Å². The minimum absolute atomic E-state index is 0.203. The molecular formula is C14H20N2O2. The molecule has 1 rings (SSSR count). The fourth-order valence-electron chi connectivity index (χ4n) is 1.62. The molecule has 4 nitrogen and oxygen atoms in total. The lowest BCUT2D eigenvalue weighted by Gasteiger charge is -2.08. The molecule has 0 amide bonds. The van der Waals surface area contributed by atoms with Crippen LogP contribution in [0.25, 0.3) is 0 Å². The summed E-state index contributed by atoms with van der Waals surface area (Å²) in [4.78, 5) is 14.6. The summed E-state index contributed by atoms with van der Waals surface area (Å²) >= 11 is 0. The Morgan fingerprint density at radius 2 is 2.17 bits per heavy atom. The molecule has 0 fully saturated rings. The molecule has 0 bridgehead atoms. The summed E-state index contributed by atoms with van der Waals surface area (Å²) in [5.74, 6) is -0.752. The Hall–Kier alpha value is -1.84. The van der Waals surface area contributed by atoms with Crippen molar-refractivity contribution in [3.05, 3.63) is 42.4 Å². The van der Waals surface area contributed by atoms with Crippen molar-refractivity contribution in [2.24, 2.45) is 0 Å². The SMILES string of the molecule is C=C(CCCC(=O)O)NCCCc1ccccn1. The van der Waals surface area contributed by atoms with Gasteiger partial charge in [0.05, 0.1) is 0 Å². The number of rotatable bonds is 9. The van der Waals surface area contributed by atoms with Gasteiger partial charge in [0.25, 0.3) is 0 Å². The number of aliphatic carboxylic acids is 1. The highest BCUT2D eigenvalue weighted by atomic mass is 16.4. The van der Waals surface area contributed by atoms with E-state index in [1.165, 1.54) is 0 Å². The number of aromatic nitrogens is 1. The quantitative estimate of drug-likeness (QED) is 0.659. The monoisotopic (exact) mass is 248 g/mol. The summed E-state index contributed by atoms with van der Waals surface area (Å²) in [5.41, 5.74) is 2.01. The van der Waals surface area contributed by atoms with Crippen LogP contribution in [-0.4, -0.2) is 22.6 Å². The number of hydrogen-bond acceptors (Lipinski definition) is 3. The molecule has 1 heterocycles. The largest absolute Gasteiger partial charge is 0.481 e. The average Bonchev–Trinajstić information content (AvgIpc) is 2.35. The molecule has 1 aromatic rings. The number of nitrogens with one attached hydrogen (secondary N) is 1. The first-order chi connectivity index (χ1) is 8.68. The van der Waals surface area contributed by atoms with Crippen molar-refractivity contribution in [1.82, 2.24) is 10.3 Å². The third kappa shape index (κ3) is 6.68. The Kier molecular flexibility index (Phi) is 6.54. The molecule has 0 saturated carbocycles. The summed E-state index contributed by atoms with van der Waals surface area (Å²) in [7, 11) is 0. The molecule has 0 atom stereocenters. The zero-order valence-electron chi connectivity index (χ0n) is 10.6. The van der Waals surface area contributed by atoms with Crippen molar-refractivity contribution in [1.29, 1.82) is 0 Å². The minimum atomic E-state index is -0.752. The van der Waals surface area contributed by atoms with Crippen molar-refractivity contribution < 1.29 is 9.90 Å². The molecule has 1 aromatic heterocycles. The lowest BCUT2D eigenvalue weighted by molar-refractivity contribution is -0.137. The van der Waals surface area contributed by atoms with E-state index in [4.69, 9.17) is 5.11 Å². The third-order valence-corrected chi connectivity index (χ3v) is 2.58. The maximum Gasteiger partial charge on any atom is 0.303 e. The molecule has 18 heavy (non-hydrogen) atoms. The van der Waals surface area contributed by atoms with Crippen LogP contribution in [0.4, 0.5) is 0 Å². The predicted molar refractivity (Wildman–Crippen MR) is 71.2 cm³/mol. The van der Waals surface area contributed by atoms with Gasteiger partial charge in [-0.25, -0.2) is 0 Å².